The molecule has 1 aliphatic rings. The standard InChI is InChI=1S/C28H27N5O/c1-19-16-23(17-20(2)31-19)32-12-14-33(15-13-32)26-18-30-27-24(6-5-7-25(27)28(26)34-4)21-8-10-22(29-3)11-9-21/h5-11,16-18H,12-15H2,1-2,4H3. The summed E-state index contributed by atoms with van der Waals surface area (Å²) >= 11 is 0. The molecule has 2 aromatic carbocycles. The van der Waals surface area contributed by atoms with Crippen LogP contribution in [0.4, 0.5) is 17.1 Å². The van der Waals surface area contributed by atoms with Gasteiger partial charge in [0.2, 0.25) is 0 Å². The van der Waals surface area contributed by atoms with E-state index in [1.54, 1.807) is 7.11 Å². The van der Waals surface area contributed by atoms with Crippen LogP contribution in [-0.2, 0) is 0 Å². The predicted molar refractivity (Wildman–Crippen MR) is 138 cm³/mol. The van der Waals surface area contributed by atoms with Crippen LogP contribution in [0.2, 0.25) is 0 Å². The Morgan fingerprint density at radius 1 is 0.912 bits per heavy atom. The van der Waals surface area contributed by atoms with Crippen molar-refractivity contribution in [3.05, 3.63) is 83.6 Å². The Kier molecular flexibility index (Phi) is 5.77. The van der Waals surface area contributed by atoms with Crippen molar-refractivity contribution in [1.82, 2.24) is 9.97 Å². The van der Waals surface area contributed by atoms with Crippen LogP contribution in [-0.4, -0.2) is 43.3 Å². The second-order valence-electron chi connectivity index (χ2n) is 8.62. The Hall–Kier alpha value is -4.11. The normalized spacial score (nSPS) is 13.7. The molecule has 5 rings (SSSR count). The largest absolute Gasteiger partial charge is 0.494 e. The van der Waals surface area contributed by atoms with E-state index in [4.69, 9.17) is 16.3 Å². The number of hydrogen-bond acceptors (Lipinski definition) is 5. The molecule has 1 fully saturated rings. The molecule has 6 heteroatoms. The van der Waals surface area contributed by atoms with Gasteiger partial charge in [0.1, 0.15) is 0 Å². The molecule has 0 aliphatic carbocycles. The first-order valence-electron chi connectivity index (χ1n) is 11.5. The number of fused-ring (bicyclic) bond motifs is 1. The van der Waals surface area contributed by atoms with Crippen LogP contribution in [0.1, 0.15) is 11.4 Å². The number of pyridine rings is 2. The monoisotopic (exact) mass is 449 g/mol. The van der Waals surface area contributed by atoms with Crippen LogP contribution in [0, 0.1) is 20.4 Å². The highest BCUT2D eigenvalue weighted by Crippen LogP contribution is 2.39. The van der Waals surface area contributed by atoms with Gasteiger partial charge in [-0.1, -0.05) is 36.4 Å². The molecule has 0 N–H and O–H groups in total. The summed E-state index contributed by atoms with van der Waals surface area (Å²) in [7, 11) is 1.73. The number of piperazine rings is 1. The lowest BCUT2D eigenvalue weighted by Crippen LogP contribution is -2.46. The molecular weight excluding hydrogens is 422 g/mol. The van der Waals surface area contributed by atoms with Crippen molar-refractivity contribution < 1.29 is 4.74 Å². The quantitative estimate of drug-likeness (QED) is 0.369. The SMILES string of the molecule is [C-]#[N+]c1ccc(-c2cccc3c(OC)c(N4CCN(c5cc(C)nc(C)c5)CC4)cnc23)cc1. The first-order chi connectivity index (χ1) is 16.6. The van der Waals surface area contributed by atoms with Crippen LogP contribution in [0.25, 0.3) is 26.9 Å². The van der Waals surface area contributed by atoms with E-state index in [1.165, 1.54) is 5.69 Å². The molecule has 0 bridgehead atoms. The van der Waals surface area contributed by atoms with Crippen LogP contribution >= 0.6 is 0 Å². The highest BCUT2D eigenvalue weighted by molar-refractivity contribution is 5.99. The number of rotatable bonds is 4. The maximum atomic E-state index is 7.19. The van der Waals surface area contributed by atoms with Gasteiger partial charge in [-0.05, 0) is 37.6 Å². The third-order valence-electron chi connectivity index (χ3n) is 6.39. The number of para-hydroxylation sites is 1. The van der Waals surface area contributed by atoms with Crippen LogP contribution in [0.5, 0.6) is 5.75 Å². The summed E-state index contributed by atoms with van der Waals surface area (Å²) < 4.78 is 5.94. The van der Waals surface area contributed by atoms with Gasteiger partial charge >= 0.3 is 0 Å². The number of hydrogen-bond donors (Lipinski definition) is 0. The summed E-state index contributed by atoms with van der Waals surface area (Å²) in [5, 5.41) is 0.995. The maximum Gasteiger partial charge on any atom is 0.187 e. The molecule has 3 heterocycles. The van der Waals surface area contributed by atoms with E-state index in [0.29, 0.717) is 5.69 Å². The number of nitrogens with zero attached hydrogens (tertiary/aromatic N) is 5. The second kappa shape index (κ2) is 9.03. The fourth-order valence-electron chi connectivity index (χ4n) is 4.78. The van der Waals surface area contributed by atoms with E-state index >= 15 is 0 Å². The van der Waals surface area contributed by atoms with E-state index in [-0.39, 0.29) is 0 Å². The fraction of sp³-hybridized carbons (Fsp3) is 0.250. The zero-order valence-electron chi connectivity index (χ0n) is 19.7. The molecule has 170 valence electrons. The van der Waals surface area contributed by atoms with Crippen LogP contribution in [0.15, 0.2) is 60.8 Å². The molecule has 34 heavy (non-hydrogen) atoms. The minimum Gasteiger partial charge on any atom is -0.494 e. The van der Waals surface area contributed by atoms with Crippen LogP contribution in [0.3, 0.4) is 0 Å². The van der Waals surface area contributed by atoms with Crippen molar-refractivity contribution in [2.45, 2.75) is 13.8 Å². The Bertz CT molecular complexity index is 1360. The molecule has 6 nitrogen and oxygen atoms in total. The van der Waals surface area contributed by atoms with E-state index in [0.717, 1.165) is 71.0 Å². The molecule has 0 amide bonds. The molecular formula is C28H27N5O. The molecule has 4 aromatic rings. The Morgan fingerprint density at radius 2 is 1.59 bits per heavy atom. The highest BCUT2D eigenvalue weighted by Gasteiger charge is 2.23. The van der Waals surface area contributed by atoms with Gasteiger partial charge in [0.15, 0.2) is 11.4 Å². The third-order valence-corrected chi connectivity index (χ3v) is 6.39. The summed E-state index contributed by atoms with van der Waals surface area (Å²) in [6.07, 6.45) is 1.94. The van der Waals surface area contributed by atoms with Crippen molar-refractivity contribution in [3.63, 3.8) is 0 Å². The Labute approximate surface area is 200 Å². The van der Waals surface area contributed by atoms with Crippen molar-refractivity contribution in [1.29, 1.82) is 0 Å². The van der Waals surface area contributed by atoms with Gasteiger partial charge in [0.05, 0.1) is 31.1 Å². The lowest BCUT2D eigenvalue weighted by molar-refractivity contribution is 0.418. The average Bonchev–Trinajstić information content (AvgIpc) is 2.87. The van der Waals surface area contributed by atoms with Crippen molar-refractivity contribution >= 4 is 28.0 Å². The van der Waals surface area contributed by atoms with Gasteiger partial charge in [0, 0.05) is 54.2 Å². The molecule has 0 atom stereocenters. The topological polar surface area (TPSA) is 45.9 Å². The lowest BCUT2D eigenvalue weighted by Gasteiger charge is -2.38. The zero-order valence-corrected chi connectivity index (χ0v) is 19.7. The first kappa shape index (κ1) is 21.7. The first-order valence-corrected chi connectivity index (χ1v) is 11.5. The lowest BCUT2D eigenvalue weighted by atomic mass is 10.0. The van der Waals surface area contributed by atoms with Gasteiger partial charge in [0.25, 0.3) is 0 Å². The Morgan fingerprint density at radius 3 is 2.24 bits per heavy atom. The van der Waals surface area contributed by atoms with Gasteiger partial charge in [-0.15, -0.1) is 0 Å². The molecule has 0 unspecified atom stereocenters. The fourth-order valence-corrected chi connectivity index (χ4v) is 4.78. The zero-order chi connectivity index (χ0) is 23.7. The number of ether oxygens (including phenoxy) is 1. The number of aryl methyl sites for hydroxylation is 2. The molecule has 1 saturated heterocycles. The highest BCUT2D eigenvalue weighted by atomic mass is 16.5. The average molecular weight is 450 g/mol. The summed E-state index contributed by atoms with van der Waals surface area (Å²) in [6, 6.07) is 18.1. The van der Waals surface area contributed by atoms with Gasteiger partial charge < -0.3 is 14.5 Å². The summed E-state index contributed by atoms with van der Waals surface area (Å²) in [4.78, 5) is 17.7. The van der Waals surface area contributed by atoms with Crippen molar-refractivity contribution in [2.24, 2.45) is 0 Å². The van der Waals surface area contributed by atoms with E-state index in [2.05, 4.69) is 43.9 Å². The number of methoxy groups -OCH3 is 1. The molecule has 1 aliphatic heterocycles. The maximum absolute atomic E-state index is 7.19. The second-order valence-corrected chi connectivity index (χ2v) is 8.62. The number of benzene rings is 2. The predicted octanol–water partition coefficient (Wildman–Crippen LogP) is 5.80. The Balaban J connectivity index is 1.45. The summed E-state index contributed by atoms with van der Waals surface area (Å²) in [6.45, 7) is 14.9. The van der Waals surface area contributed by atoms with Crippen LogP contribution < -0.4 is 14.5 Å². The minimum absolute atomic E-state index is 0.632. The smallest absolute Gasteiger partial charge is 0.187 e. The molecule has 0 saturated carbocycles. The third kappa shape index (κ3) is 4.01. The molecule has 0 radical (unpaired) electrons. The van der Waals surface area contributed by atoms with E-state index in [9.17, 15) is 0 Å². The van der Waals surface area contributed by atoms with E-state index in [1.807, 2.05) is 50.4 Å². The molecule has 2 aromatic heterocycles. The van der Waals surface area contributed by atoms with Crippen molar-refractivity contribution in [3.8, 4) is 16.9 Å². The summed E-state index contributed by atoms with van der Waals surface area (Å²) in [5.41, 5.74) is 7.98. The van der Waals surface area contributed by atoms with Gasteiger partial charge in [-0.3, -0.25) is 9.97 Å². The number of aromatic nitrogens is 2. The molecule has 0 spiro atoms. The minimum atomic E-state index is 0.632. The van der Waals surface area contributed by atoms with E-state index < -0.39 is 0 Å². The van der Waals surface area contributed by atoms with Crippen molar-refractivity contribution in [2.75, 3.05) is 43.1 Å². The van der Waals surface area contributed by atoms with Gasteiger partial charge in [-0.2, -0.15) is 0 Å². The number of anilines is 2. The van der Waals surface area contributed by atoms with Gasteiger partial charge in [-0.25, -0.2) is 4.85 Å². The summed E-state index contributed by atoms with van der Waals surface area (Å²) in [5.74, 6) is 0.855.